The summed E-state index contributed by atoms with van der Waals surface area (Å²) in [6.07, 6.45) is 6.91. The van der Waals surface area contributed by atoms with Crippen LogP contribution in [0.2, 0.25) is 0 Å². The van der Waals surface area contributed by atoms with Crippen molar-refractivity contribution >= 4 is 5.91 Å². The van der Waals surface area contributed by atoms with Gasteiger partial charge in [0.2, 0.25) is 5.91 Å². The lowest BCUT2D eigenvalue weighted by Crippen LogP contribution is -2.47. The molecule has 1 spiro atoms. The SMILES string of the molecule is O=C(C1CC1)N1CCC2(CC1)CC(OCc1ccccn1)CO2. The molecule has 2 aliphatic heterocycles. The first-order chi connectivity index (χ1) is 11.2. The number of nitrogens with zero attached hydrogens (tertiary/aromatic N) is 2. The predicted molar refractivity (Wildman–Crippen MR) is 84.7 cm³/mol. The molecule has 2 saturated heterocycles. The Morgan fingerprint density at radius 1 is 1.35 bits per heavy atom. The van der Waals surface area contributed by atoms with E-state index in [0.717, 1.165) is 50.9 Å². The number of ether oxygens (including phenoxy) is 2. The molecule has 1 saturated carbocycles. The van der Waals surface area contributed by atoms with Crippen LogP contribution < -0.4 is 0 Å². The molecule has 5 heteroatoms. The molecule has 1 atom stereocenters. The molecule has 0 radical (unpaired) electrons. The van der Waals surface area contributed by atoms with Gasteiger partial charge in [-0.1, -0.05) is 6.07 Å². The van der Waals surface area contributed by atoms with Gasteiger partial charge in [0.1, 0.15) is 0 Å². The molecule has 0 bridgehead atoms. The van der Waals surface area contributed by atoms with Crippen LogP contribution in [-0.2, 0) is 20.9 Å². The maximum Gasteiger partial charge on any atom is 0.225 e. The van der Waals surface area contributed by atoms with Crippen LogP contribution in [0.5, 0.6) is 0 Å². The van der Waals surface area contributed by atoms with Crippen LogP contribution in [0, 0.1) is 5.92 Å². The van der Waals surface area contributed by atoms with Crippen molar-refractivity contribution in [2.75, 3.05) is 19.7 Å². The molecule has 23 heavy (non-hydrogen) atoms. The van der Waals surface area contributed by atoms with E-state index < -0.39 is 0 Å². The Morgan fingerprint density at radius 3 is 2.87 bits per heavy atom. The highest BCUT2D eigenvalue weighted by Gasteiger charge is 2.45. The van der Waals surface area contributed by atoms with Crippen LogP contribution in [0.15, 0.2) is 24.4 Å². The van der Waals surface area contributed by atoms with Crippen LogP contribution in [0.25, 0.3) is 0 Å². The third kappa shape index (κ3) is 3.40. The summed E-state index contributed by atoms with van der Waals surface area (Å²) < 4.78 is 12.1. The molecule has 0 N–H and O–H groups in total. The Balaban J connectivity index is 1.26. The van der Waals surface area contributed by atoms with Gasteiger partial charge in [0.15, 0.2) is 0 Å². The van der Waals surface area contributed by atoms with E-state index in [1.807, 2.05) is 23.1 Å². The lowest BCUT2D eigenvalue weighted by molar-refractivity contribution is -0.137. The second-order valence-electron chi connectivity index (χ2n) is 7.05. The average Bonchev–Trinajstić information content (AvgIpc) is 3.37. The number of rotatable bonds is 4. The largest absolute Gasteiger partial charge is 0.372 e. The normalized spacial score (nSPS) is 26.6. The number of piperidine rings is 1. The van der Waals surface area contributed by atoms with Gasteiger partial charge < -0.3 is 14.4 Å². The first kappa shape index (κ1) is 15.1. The molecule has 1 aromatic rings. The number of aromatic nitrogens is 1. The van der Waals surface area contributed by atoms with E-state index in [0.29, 0.717) is 25.0 Å². The summed E-state index contributed by atoms with van der Waals surface area (Å²) >= 11 is 0. The lowest BCUT2D eigenvalue weighted by Gasteiger charge is -2.38. The number of amides is 1. The first-order valence-corrected chi connectivity index (χ1v) is 8.68. The molecule has 3 heterocycles. The summed E-state index contributed by atoms with van der Waals surface area (Å²) in [5.41, 5.74) is 0.882. The van der Waals surface area contributed by atoms with Crippen LogP contribution >= 0.6 is 0 Å². The van der Waals surface area contributed by atoms with Crippen LogP contribution in [0.1, 0.15) is 37.8 Å². The number of likely N-dealkylation sites (tertiary alicyclic amines) is 1. The summed E-state index contributed by atoms with van der Waals surface area (Å²) in [7, 11) is 0. The zero-order chi connectivity index (χ0) is 15.7. The minimum absolute atomic E-state index is 0.0743. The van der Waals surface area contributed by atoms with Crippen molar-refractivity contribution in [2.24, 2.45) is 5.92 Å². The van der Waals surface area contributed by atoms with Crippen molar-refractivity contribution in [3.8, 4) is 0 Å². The highest BCUT2D eigenvalue weighted by atomic mass is 16.6. The minimum Gasteiger partial charge on any atom is -0.372 e. The summed E-state index contributed by atoms with van der Waals surface area (Å²) in [4.78, 5) is 18.5. The quantitative estimate of drug-likeness (QED) is 0.854. The van der Waals surface area contributed by atoms with Gasteiger partial charge >= 0.3 is 0 Å². The number of carbonyl (C=O) groups is 1. The van der Waals surface area contributed by atoms with Gasteiger partial charge in [0.05, 0.1) is 30.6 Å². The highest BCUT2D eigenvalue weighted by molar-refractivity contribution is 5.81. The van der Waals surface area contributed by atoms with E-state index in [4.69, 9.17) is 9.47 Å². The second kappa shape index (κ2) is 6.21. The fourth-order valence-electron chi connectivity index (χ4n) is 3.67. The predicted octanol–water partition coefficient (Wildman–Crippen LogP) is 2.16. The molecule has 1 aromatic heterocycles. The maximum atomic E-state index is 12.1. The summed E-state index contributed by atoms with van der Waals surface area (Å²) in [5, 5.41) is 0. The smallest absolute Gasteiger partial charge is 0.225 e. The summed E-state index contributed by atoms with van der Waals surface area (Å²) in [6.45, 7) is 2.87. The Morgan fingerprint density at radius 2 is 2.17 bits per heavy atom. The minimum atomic E-state index is -0.0743. The van der Waals surface area contributed by atoms with Crippen molar-refractivity contribution in [2.45, 2.75) is 50.4 Å². The van der Waals surface area contributed by atoms with E-state index in [9.17, 15) is 4.79 Å². The molecular formula is C18H24N2O3. The zero-order valence-corrected chi connectivity index (χ0v) is 13.4. The van der Waals surface area contributed by atoms with Crippen LogP contribution in [-0.4, -0.2) is 47.2 Å². The van der Waals surface area contributed by atoms with E-state index in [1.54, 1.807) is 6.20 Å². The maximum absolute atomic E-state index is 12.1. The molecule has 1 amide bonds. The molecule has 0 aromatic carbocycles. The number of pyridine rings is 1. The van der Waals surface area contributed by atoms with Gasteiger partial charge in [0.25, 0.3) is 0 Å². The van der Waals surface area contributed by atoms with Gasteiger partial charge in [0, 0.05) is 31.6 Å². The highest BCUT2D eigenvalue weighted by Crippen LogP contribution is 2.39. The molecule has 124 valence electrons. The Labute approximate surface area is 137 Å². The molecule has 4 rings (SSSR count). The van der Waals surface area contributed by atoms with Crippen molar-refractivity contribution in [1.29, 1.82) is 0 Å². The van der Waals surface area contributed by atoms with Crippen molar-refractivity contribution in [3.63, 3.8) is 0 Å². The number of carbonyl (C=O) groups excluding carboxylic acids is 1. The van der Waals surface area contributed by atoms with E-state index in [2.05, 4.69) is 4.98 Å². The van der Waals surface area contributed by atoms with Crippen LogP contribution in [0.4, 0.5) is 0 Å². The second-order valence-corrected chi connectivity index (χ2v) is 7.05. The standard InChI is InChI=1S/C18H24N2O3/c21-17(14-4-5-14)20-9-6-18(7-10-20)11-16(13-23-18)22-12-15-3-1-2-8-19-15/h1-3,8,14,16H,4-7,9-13H2. The van der Waals surface area contributed by atoms with Crippen molar-refractivity contribution in [3.05, 3.63) is 30.1 Å². The molecular weight excluding hydrogens is 292 g/mol. The van der Waals surface area contributed by atoms with Crippen molar-refractivity contribution < 1.29 is 14.3 Å². The zero-order valence-electron chi connectivity index (χ0n) is 13.4. The van der Waals surface area contributed by atoms with Gasteiger partial charge in [-0.3, -0.25) is 9.78 Å². The summed E-state index contributed by atoms with van der Waals surface area (Å²) in [6, 6.07) is 5.87. The molecule has 1 unspecified atom stereocenters. The van der Waals surface area contributed by atoms with Gasteiger partial charge in [-0.2, -0.15) is 0 Å². The van der Waals surface area contributed by atoms with Gasteiger partial charge in [-0.15, -0.1) is 0 Å². The van der Waals surface area contributed by atoms with Gasteiger partial charge in [-0.05, 0) is 37.8 Å². The third-order valence-corrected chi connectivity index (χ3v) is 5.28. The molecule has 5 nitrogen and oxygen atoms in total. The fraction of sp³-hybridized carbons (Fsp3) is 0.667. The first-order valence-electron chi connectivity index (χ1n) is 8.68. The number of hydrogen-bond donors (Lipinski definition) is 0. The van der Waals surface area contributed by atoms with Gasteiger partial charge in [-0.25, -0.2) is 0 Å². The Hall–Kier alpha value is -1.46. The van der Waals surface area contributed by atoms with E-state index in [-0.39, 0.29) is 11.7 Å². The van der Waals surface area contributed by atoms with E-state index >= 15 is 0 Å². The van der Waals surface area contributed by atoms with Crippen molar-refractivity contribution in [1.82, 2.24) is 9.88 Å². The number of hydrogen-bond acceptors (Lipinski definition) is 4. The monoisotopic (exact) mass is 316 g/mol. The summed E-state index contributed by atoms with van der Waals surface area (Å²) in [5.74, 6) is 0.684. The molecule has 3 aliphatic rings. The average molecular weight is 316 g/mol. The third-order valence-electron chi connectivity index (χ3n) is 5.28. The Kier molecular flexibility index (Phi) is 4.07. The topological polar surface area (TPSA) is 51.7 Å². The van der Waals surface area contributed by atoms with Crippen LogP contribution in [0.3, 0.4) is 0 Å². The van der Waals surface area contributed by atoms with E-state index in [1.165, 1.54) is 0 Å². The fourth-order valence-corrected chi connectivity index (χ4v) is 3.67. The molecule has 1 aliphatic carbocycles. The lowest BCUT2D eigenvalue weighted by atomic mass is 9.88. The molecule has 3 fully saturated rings. The Bertz CT molecular complexity index is 551.